The highest BCUT2D eigenvalue weighted by atomic mass is 16.3. The number of aliphatic hydroxyl groups excluding tert-OH is 1. The van der Waals surface area contributed by atoms with E-state index in [1.807, 2.05) is 12.1 Å². The van der Waals surface area contributed by atoms with Crippen LogP contribution in [0.1, 0.15) is 38.5 Å². The van der Waals surface area contributed by atoms with Crippen molar-refractivity contribution in [1.29, 1.82) is 0 Å². The van der Waals surface area contributed by atoms with E-state index in [0.717, 1.165) is 37.3 Å². The van der Waals surface area contributed by atoms with Crippen LogP contribution in [0.25, 0.3) is 11.0 Å². The topological polar surface area (TPSA) is 45.4 Å². The average molecular weight is 275 g/mol. The summed E-state index contributed by atoms with van der Waals surface area (Å²) in [5, 5.41) is 13.8. The number of furan rings is 1. The van der Waals surface area contributed by atoms with Gasteiger partial charge in [0.25, 0.3) is 0 Å². The fraction of sp³-hybridized carbons (Fsp3) is 0.529. The predicted molar refractivity (Wildman–Crippen MR) is 82.8 cm³/mol. The number of rotatable bonds is 7. The third kappa shape index (κ3) is 3.41. The van der Waals surface area contributed by atoms with Gasteiger partial charge in [-0.25, -0.2) is 0 Å². The molecule has 1 heterocycles. The molecule has 0 atom stereocenters. The number of aryl methyl sites for hydroxylation is 1. The molecule has 0 aliphatic rings. The number of hydrogen-bond acceptors (Lipinski definition) is 3. The molecule has 0 bridgehead atoms. The SMILES string of the molecule is CCc1oc2ccccc2c1CNCC(C)(C)CCO. The van der Waals surface area contributed by atoms with Crippen LogP contribution in [0.15, 0.2) is 28.7 Å². The van der Waals surface area contributed by atoms with Crippen LogP contribution in [-0.2, 0) is 13.0 Å². The maximum atomic E-state index is 9.07. The Balaban J connectivity index is 2.09. The van der Waals surface area contributed by atoms with Crippen LogP contribution in [0, 0.1) is 5.41 Å². The fourth-order valence-corrected chi connectivity index (χ4v) is 2.55. The quantitative estimate of drug-likeness (QED) is 0.813. The molecule has 2 aromatic rings. The van der Waals surface area contributed by atoms with Crippen LogP contribution in [0.2, 0.25) is 0 Å². The Labute approximate surface area is 121 Å². The lowest BCUT2D eigenvalue weighted by Gasteiger charge is -2.24. The van der Waals surface area contributed by atoms with Crippen molar-refractivity contribution in [1.82, 2.24) is 5.32 Å². The summed E-state index contributed by atoms with van der Waals surface area (Å²) in [5.74, 6) is 1.07. The van der Waals surface area contributed by atoms with E-state index in [4.69, 9.17) is 9.52 Å². The Kier molecular flexibility index (Phi) is 4.84. The van der Waals surface area contributed by atoms with Gasteiger partial charge in [-0.05, 0) is 17.9 Å². The van der Waals surface area contributed by atoms with E-state index in [2.05, 4.69) is 38.2 Å². The van der Waals surface area contributed by atoms with Gasteiger partial charge in [-0.2, -0.15) is 0 Å². The zero-order chi connectivity index (χ0) is 14.6. The predicted octanol–water partition coefficient (Wildman–Crippen LogP) is 3.49. The highest BCUT2D eigenvalue weighted by Crippen LogP contribution is 2.26. The van der Waals surface area contributed by atoms with Crippen LogP contribution in [0.4, 0.5) is 0 Å². The molecule has 2 N–H and O–H groups in total. The first-order valence-electron chi connectivity index (χ1n) is 7.38. The number of hydrogen-bond donors (Lipinski definition) is 2. The Morgan fingerprint density at radius 1 is 1.25 bits per heavy atom. The lowest BCUT2D eigenvalue weighted by Crippen LogP contribution is -2.30. The number of benzene rings is 1. The lowest BCUT2D eigenvalue weighted by molar-refractivity contribution is 0.207. The number of nitrogens with one attached hydrogen (secondary N) is 1. The second kappa shape index (κ2) is 6.42. The van der Waals surface area contributed by atoms with Crippen LogP contribution >= 0.6 is 0 Å². The van der Waals surface area contributed by atoms with E-state index in [1.54, 1.807) is 0 Å². The average Bonchev–Trinajstić information content (AvgIpc) is 2.77. The molecule has 2 rings (SSSR count). The molecule has 1 aromatic heterocycles. The molecule has 1 aromatic carbocycles. The van der Waals surface area contributed by atoms with Crippen LogP contribution < -0.4 is 5.32 Å². The van der Waals surface area contributed by atoms with E-state index < -0.39 is 0 Å². The monoisotopic (exact) mass is 275 g/mol. The minimum atomic E-state index is 0.112. The molecule has 3 nitrogen and oxygen atoms in total. The van der Waals surface area contributed by atoms with Gasteiger partial charge in [0, 0.05) is 37.1 Å². The Hall–Kier alpha value is -1.32. The lowest BCUT2D eigenvalue weighted by atomic mass is 9.89. The van der Waals surface area contributed by atoms with Gasteiger partial charge in [0.05, 0.1) is 0 Å². The zero-order valence-electron chi connectivity index (χ0n) is 12.7. The first-order chi connectivity index (χ1) is 9.57. The van der Waals surface area contributed by atoms with E-state index in [0.29, 0.717) is 0 Å². The molecule has 0 saturated carbocycles. The summed E-state index contributed by atoms with van der Waals surface area (Å²) in [7, 11) is 0. The van der Waals surface area contributed by atoms with Crippen LogP contribution in [0.3, 0.4) is 0 Å². The molecule has 0 spiro atoms. The highest BCUT2D eigenvalue weighted by Gasteiger charge is 2.18. The van der Waals surface area contributed by atoms with Crippen LogP contribution in [-0.4, -0.2) is 18.3 Å². The maximum absolute atomic E-state index is 9.07. The summed E-state index contributed by atoms with van der Waals surface area (Å²) in [6.45, 7) is 8.40. The number of fused-ring (bicyclic) bond motifs is 1. The van der Waals surface area contributed by atoms with Crippen molar-refractivity contribution in [3.05, 3.63) is 35.6 Å². The molecule has 0 saturated heterocycles. The molecule has 0 fully saturated rings. The molecule has 0 unspecified atom stereocenters. The summed E-state index contributed by atoms with van der Waals surface area (Å²) in [6.07, 6.45) is 1.72. The fourth-order valence-electron chi connectivity index (χ4n) is 2.55. The van der Waals surface area contributed by atoms with Gasteiger partial charge in [-0.1, -0.05) is 39.0 Å². The molecule has 110 valence electrons. The second-order valence-corrected chi connectivity index (χ2v) is 6.09. The van der Waals surface area contributed by atoms with Gasteiger partial charge in [0.15, 0.2) is 0 Å². The summed E-state index contributed by atoms with van der Waals surface area (Å²) in [5.41, 5.74) is 2.35. The standard InChI is InChI=1S/C17H25NO2/c1-4-15-14(11-18-12-17(2,3)9-10-19)13-7-5-6-8-16(13)20-15/h5-8,18-19H,4,9-12H2,1-3H3. The molecule has 20 heavy (non-hydrogen) atoms. The van der Waals surface area contributed by atoms with Crippen molar-refractivity contribution in [2.75, 3.05) is 13.2 Å². The molecule has 0 aliphatic carbocycles. The van der Waals surface area contributed by atoms with E-state index in [-0.39, 0.29) is 12.0 Å². The van der Waals surface area contributed by atoms with Gasteiger partial charge in [0.1, 0.15) is 11.3 Å². The Morgan fingerprint density at radius 2 is 2.00 bits per heavy atom. The molecular weight excluding hydrogens is 250 g/mol. The number of aliphatic hydroxyl groups is 1. The molecule has 3 heteroatoms. The van der Waals surface area contributed by atoms with Gasteiger partial charge in [-0.15, -0.1) is 0 Å². The third-order valence-corrected chi connectivity index (χ3v) is 3.80. The normalized spacial score (nSPS) is 12.2. The first kappa shape index (κ1) is 15.1. The molecule has 0 radical (unpaired) electrons. The van der Waals surface area contributed by atoms with E-state index >= 15 is 0 Å². The zero-order valence-corrected chi connectivity index (χ0v) is 12.7. The summed E-state index contributed by atoms with van der Waals surface area (Å²) >= 11 is 0. The van der Waals surface area contributed by atoms with Gasteiger partial charge in [-0.3, -0.25) is 0 Å². The molecular formula is C17H25NO2. The van der Waals surface area contributed by atoms with Crippen molar-refractivity contribution in [2.24, 2.45) is 5.41 Å². The Bertz CT molecular complexity index is 557. The molecule has 0 amide bonds. The van der Waals surface area contributed by atoms with Gasteiger partial charge < -0.3 is 14.8 Å². The minimum absolute atomic E-state index is 0.112. The summed E-state index contributed by atoms with van der Waals surface area (Å²) in [4.78, 5) is 0. The van der Waals surface area contributed by atoms with Crippen LogP contribution in [0.5, 0.6) is 0 Å². The molecule has 0 aliphatic heterocycles. The maximum Gasteiger partial charge on any atom is 0.134 e. The van der Waals surface area contributed by atoms with Crippen molar-refractivity contribution < 1.29 is 9.52 Å². The number of para-hydroxylation sites is 1. The van der Waals surface area contributed by atoms with E-state index in [1.165, 1.54) is 10.9 Å². The highest BCUT2D eigenvalue weighted by molar-refractivity contribution is 5.82. The van der Waals surface area contributed by atoms with Crippen molar-refractivity contribution in [3.63, 3.8) is 0 Å². The van der Waals surface area contributed by atoms with Crippen molar-refractivity contribution in [3.8, 4) is 0 Å². The Morgan fingerprint density at radius 3 is 2.70 bits per heavy atom. The third-order valence-electron chi connectivity index (χ3n) is 3.80. The largest absolute Gasteiger partial charge is 0.461 e. The van der Waals surface area contributed by atoms with Gasteiger partial charge in [0.2, 0.25) is 0 Å². The second-order valence-electron chi connectivity index (χ2n) is 6.09. The van der Waals surface area contributed by atoms with Crippen molar-refractivity contribution >= 4 is 11.0 Å². The van der Waals surface area contributed by atoms with Gasteiger partial charge >= 0.3 is 0 Å². The smallest absolute Gasteiger partial charge is 0.134 e. The first-order valence-corrected chi connectivity index (χ1v) is 7.38. The van der Waals surface area contributed by atoms with Crippen molar-refractivity contribution in [2.45, 2.75) is 40.2 Å². The summed E-state index contributed by atoms with van der Waals surface area (Å²) < 4.78 is 5.90. The van der Waals surface area contributed by atoms with E-state index in [9.17, 15) is 0 Å². The summed E-state index contributed by atoms with van der Waals surface area (Å²) in [6, 6.07) is 8.20. The minimum Gasteiger partial charge on any atom is -0.461 e.